The highest BCUT2D eigenvalue weighted by Crippen LogP contribution is 2.39. The summed E-state index contributed by atoms with van der Waals surface area (Å²) in [6, 6.07) is 23.3. The predicted molar refractivity (Wildman–Crippen MR) is 275 cm³/mol. The molecule has 2 fully saturated rings. The Morgan fingerprint density at radius 2 is 1.57 bits per heavy atom. The Balaban J connectivity index is 0.000000267. The molecule has 5 aromatic rings. The third-order valence-corrected chi connectivity index (χ3v) is 13.7. The van der Waals surface area contributed by atoms with Crippen LogP contribution in [0.15, 0.2) is 95.8 Å². The van der Waals surface area contributed by atoms with Gasteiger partial charge in [-0.25, -0.2) is 14.4 Å². The molecule has 74 heavy (non-hydrogen) atoms. The number of rotatable bonds is 15. The molecule has 0 spiro atoms. The van der Waals surface area contributed by atoms with Crippen molar-refractivity contribution in [1.29, 1.82) is 0 Å². The minimum absolute atomic E-state index is 0.0566. The van der Waals surface area contributed by atoms with Crippen molar-refractivity contribution in [1.82, 2.24) is 40.7 Å². The van der Waals surface area contributed by atoms with Gasteiger partial charge in [0.2, 0.25) is 23.5 Å². The quantitative estimate of drug-likeness (QED) is 0.0772. The van der Waals surface area contributed by atoms with Gasteiger partial charge in [0.15, 0.2) is 5.69 Å². The van der Waals surface area contributed by atoms with Crippen molar-refractivity contribution in [3.05, 3.63) is 136 Å². The summed E-state index contributed by atoms with van der Waals surface area (Å²) in [6.45, 7) is 10.9. The van der Waals surface area contributed by atoms with Crippen molar-refractivity contribution in [2.75, 3.05) is 19.7 Å². The van der Waals surface area contributed by atoms with E-state index in [1.807, 2.05) is 69.3 Å². The first kappa shape index (κ1) is 54.7. The number of primary amides is 1. The Bertz CT molecular complexity index is 2870. The number of benzene rings is 3. The molecule has 3 aliphatic rings. The van der Waals surface area contributed by atoms with Gasteiger partial charge in [0.1, 0.15) is 29.0 Å². The van der Waals surface area contributed by atoms with E-state index >= 15 is 0 Å². The Hall–Kier alpha value is -7.09. The highest BCUT2D eigenvalue weighted by Gasteiger charge is 2.42. The van der Waals surface area contributed by atoms with Crippen molar-refractivity contribution in [2.45, 2.75) is 128 Å². The molecule has 0 radical (unpaired) electrons. The van der Waals surface area contributed by atoms with Gasteiger partial charge < -0.3 is 42.0 Å². The molecule has 2 aliphatic heterocycles. The lowest BCUT2D eigenvalue weighted by atomic mass is 9.72. The van der Waals surface area contributed by atoms with Crippen LogP contribution in [0.25, 0.3) is 10.9 Å². The molecule has 18 nitrogen and oxygen atoms in total. The number of nitrogens with zero attached hydrogens (tertiary/aromatic N) is 4. The van der Waals surface area contributed by atoms with E-state index in [1.54, 1.807) is 32.0 Å². The fraction of sp³-hybridized carbons (Fsp3) is 0.455. The number of likely N-dealkylation sites (tertiary alicyclic amines) is 1. The molecule has 1 aliphatic carbocycles. The number of fused-ring (bicyclic) bond motifs is 3. The lowest BCUT2D eigenvalue weighted by Crippen LogP contribution is -2.61. The molecule has 0 bridgehead atoms. The van der Waals surface area contributed by atoms with Gasteiger partial charge in [-0.05, 0) is 101 Å². The summed E-state index contributed by atoms with van der Waals surface area (Å²) in [5, 5.41) is 34.0. The van der Waals surface area contributed by atoms with Crippen LogP contribution in [0.2, 0.25) is 0 Å². The maximum absolute atomic E-state index is 13.8. The molecular weight excluding hydrogens is 950 g/mol. The zero-order valence-corrected chi connectivity index (χ0v) is 42.6. The van der Waals surface area contributed by atoms with Gasteiger partial charge in [0.05, 0.1) is 43.3 Å². The number of β-amino-alcohol motifs (C(OH)–C–C–N with tert-alkyl or cyclic N) is 1. The van der Waals surface area contributed by atoms with Crippen molar-refractivity contribution in [3.8, 4) is 5.75 Å². The summed E-state index contributed by atoms with van der Waals surface area (Å²) in [5.74, 6) is -2.67. The number of aromatic hydroxyl groups is 1. The second-order valence-corrected chi connectivity index (χ2v) is 21.0. The van der Waals surface area contributed by atoms with E-state index in [2.05, 4.69) is 36.1 Å². The summed E-state index contributed by atoms with van der Waals surface area (Å²) in [5.41, 5.74) is 5.50. The Morgan fingerprint density at radius 3 is 2.27 bits per heavy atom. The number of aliphatic hydroxyl groups excluding tert-OH is 1. The lowest BCUT2D eigenvalue weighted by molar-refractivity contribution is -0.133. The fourth-order valence-electron chi connectivity index (χ4n) is 9.96. The van der Waals surface area contributed by atoms with Crippen LogP contribution in [-0.2, 0) is 44.2 Å². The molecule has 2 aromatic heterocycles. The number of carbonyl (C=O) groups excluding carboxylic acids is 5. The number of hydrogen-bond donors (Lipinski definition) is 7. The predicted octanol–water partition coefficient (Wildman–Crippen LogP) is 4.38. The summed E-state index contributed by atoms with van der Waals surface area (Å²) < 4.78 is 19.8. The standard InChI is InChI=1S/C38H50N6O5.C17H18FN3O4/c1-38(2,3)43-37(49)32-20-26-14-7-8-15-27(26)22-44(32)23-33(45)30(19-24-11-5-4-6-12-24)41-36(48)31(21-34(39)46)42-35(47)29-18-17-25-13-9-10-16-28(25)40-29;1-17(2)16-20-12(13(22)15(24)21(16)7-8-25-17)14(23)19-9-10-3-5-11(18)6-4-10/h4-6,9-13,16-18,26-27,30-33,45H,7-8,14-15,19-23H2,1-3H3,(H2,39,46)(H,41,48)(H,42,47)(H,43,49);3-6,22H,7-9H2,1-2H3,(H,19,23)/t26-,27+,30-,31-,32-,33+;/m0./s1. The Morgan fingerprint density at radius 1 is 0.878 bits per heavy atom. The van der Waals surface area contributed by atoms with Gasteiger partial charge in [-0.1, -0.05) is 86.0 Å². The van der Waals surface area contributed by atoms with Crippen LogP contribution in [-0.4, -0.2) is 109 Å². The van der Waals surface area contributed by atoms with Crippen LogP contribution in [0.4, 0.5) is 4.39 Å². The van der Waals surface area contributed by atoms with Crippen LogP contribution in [0.5, 0.6) is 5.75 Å². The molecule has 4 heterocycles. The largest absolute Gasteiger partial charge is 0.501 e. The van der Waals surface area contributed by atoms with Gasteiger partial charge >= 0.3 is 0 Å². The number of nitrogens with two attached hydrogens (primary N) is 1. The van der Waals surface area contributed by atoms with E-state index in [-0.39, 0.29) is 55.0 Å². The van der Waals surface area contributed by atoms with Crippen LogP contribution < -0.4 is 32.6 Å². The minimum atomic E-state index is -1.30. The number of aliphatic hydroxyl groups is 1. The average molecular weight is 1020 g/mol. The summed E-state index contributed by atoms with van der Waals surface area (Å²) in [7, 11) is 0. The number of pyridine rings is 1. The molecule has 1 saturated heterocycles. The molecule has 3 aromatic carbocycles. The van der Waals surface area contributed by atoms with Gasteiger partial charge in [-0.2, -0.15) is 0 Å². The maximum atomic E-state index is 13.8. The normalized spacial score (nSPS) is 19.5. The third-order valence-electron chi connectivity index (χ3n) is 13.7. The van der Waals surface area contributed by atoms with Crippen LogP contribution in [0.1, 0.15) is 111 Å². The molecule has 5 amide bonds. The number of ether oxygens (including phenoxy) is 1. The van der Waals surface area contributed by atoms with E-state index in [1.165, 1.54) is 35.3 Å². The van der Waals surface area contributed by atoms with E-state index in [4.69, 9.17) is 10.5 Å². The highest BCUT2D eigenvalue weighted by atomic mass is 19.1. The summed E-state index contributed by atoms with van der Waals surface area (Å²) in [6.07, 6.45) is 4.03. The lowest BCUT2D eigenvalue weighted by Gasteiger charge is -2.47. The monoisotopic (exact) mass is 1020 g/mol. The van der Waals surface area contributed by atoms with Gasteiger partial charge in [0, 0.05) is 30.6 Å². The first-order chi connectivity index (χ1) is 35.1. The number of hydrogen-bond acceptors (Lipinski definition) is 12. The third kappa shape index (κ3) is 14.1. The number of piperidine rings is 1. The van der Waals surface area contributed by atoms with Gasteiger partial charge in [-0.15, -0.1) is 0 Å². The maximum Gasteiger partial charge on any atom is 0.296 e. The molecular formula is C55H68FN9O9. The number of amides is 5. The first-order valence-corrected chi connectivity index (χ1v) is 25.2. The van der Waals surface area contributed by atoms with E-state index < -0.39 is 76.7 Å². The fourth-order valence-corrected chi connectivity index (χ4v) is 9.96. The van der Waals surface area contributed by atoms with Crippen molar-refractivity contribution < 1.29 is 43.3 Å². The first-order valence-electron chi connectivity index (χ1n) is 25.2. The molecule has 394 valence electrons. The zero-order chi connectivity index (χ0) is 53.3. The van der Waals surface area contributed by atoms with Crippen LogP contribution in [0, 0.1) is 17.7 Å². The number of para-hydroxylation sites is 1. The highest BCUT2D eigenvalue weighted by molar-refractivity contribution is 5.99. The van der Waals surface area contributed by atoms with E-state index in [9.17, 15) is 43.4 Å². The molecule has 1 saturated carbocycles. The van der Waals surface area contributed by atoms with Gasteiger partial charge in [0.25, 0.3) is 17.4 Å². The number of carbonyl (C=O) groups is 5. The summed E-state index contributed by atoms with van der Waals surface area (Å²) >= 11 is 0. The van der Waals surface area contributed by atoms with E-state index in [0.717, 1.165) is 36.6 Å². The SMILES string of the molecule is CC(C)(C)NC(=O)[C@@H]1C[C@@H]2CCCC[C@@H]2CN1C[C@@H](O)[C@H](Cc1ccccc1)NC(=O)[C@H](CC(N)=O)NC(=O)c1ccc2ccccc2n1.CC1(C)OCCn2c1nc(C(=O)NCc1ccc(F)cc1)c(O)c2=O. The number of halogens is 1. The Kier molecular flexibility index (Phi) is 17.6. The average Bonchev–Trinajstić information content (AvgIpc) is 3.36. The van der Waals surface area contributed by atoms with E-state index in [0.29, 0.717) is 36.1 Å². The van der Waals surface area contributed by atoms with Gasteiger partial charge in [-0.3, -0.25) is 38.2 Å². The molecule has 19 heteroatoms. The molecule has 0 unspecified atom stereocenters. The minimum Gasteiger partial charge on any atom is -0.501 e. The smallest absolute Gasteiger partial charge is 0.296 e. The van der Waals surface area contributed by atoms with Crippen LogP contribution >= 0.6 is 0 Å². The molecule has 8 rings (SSSR count). The molecule has 6 atom stereocenters. The molecule has 8 N–H and O–H groups in total. The second-order valence-electron chi connectivity index (χ2n) is 21.0. The summed E-state index contributed by atoms with van der Waals surface area (Å²) in [4.78, 5) is 88.1. The Labute approximate surface area is 429 Å². The van der Waals surface area contributed by atoms with Crippen molar-refractivity contribution in [2.24, 2.45) is 17.6 Å². The zero-order valence-electron chi connectivity index (χ0n) is 42.6. The topological polar surface area (TPSA) is 260 Å². The van der Waals surface area contributed by atoms with Crippen LogP contribution in [0.3, 0.4) is 0 Å². The number of aromatic nitrogens is 3. The van der Waals surface area contributed by atoms with Crippen molar-refractivity contribution in [3.63, 3.8) is 0 Å². The number of nitrogens with one attached hydrogen (secondary N) is 4. The second kappa shape index (κ2) is 23.8. The van der Waals surface area contributed by atoms with Crippen molar-refractivity contribution >= 4 is 40.4 Å².